The van der Waals surface area contributed by atoms with Crippen LogP contribution in [0.3, 0.4) is 0 Å². The number of benzene rings is 2. The van der Waals surface area contributed by atoms with Crippen LogP contribution in [0.15, 0.2) is 54.6 Å². The van der Waals surface area contributed by atoms with Gasteiger partial charge in [0.1, 0.15) is 12.9 Å². The molecule has 1 atom stereocenters. The van der Waals surface area contributed by atoms with Crippen molar-refractivity contribution in [3.63, 3.8) is 0 Å². The Bertz CT molecular complexity index is 598. The van der Waals surface area contributed by atoms with Crippen molar-refractivity contribution in [2.24, 2.45) is 0 Å². The van der Waals surface area contributed by atoms with Crippen LogP contribution in [-0.4, -0.2) is 32.9 Å². The largest absolute Gasteiger partial charge is 0.382 e. The molecule has 0 radical (unpaired) electrons. The molecule has 0 saturated heterocycles. The fraction of sp³-hybridized carbons (Fsp3) is 0.278. The second kappa shape index (κ2) is 9.43. The minimum Gasteiger partial charge on any atom is -0.382 e. The Hall–Kier alpha value is -1.72. The Labute approximate surface area is 140 Å². The highest BCUT2D eigenvalue weighted by atomic mass is 35.5. The first-order chi connectivity index (χ1) is 11.2. The number of hydrogen-bond acceptors (Lipinski definition) is 4. The highest BCUT2D eigenvalue weighted by Crippen LogP contribution is 2.24. The molecule has 0 amide bonds. The van der Waals surface area contributed by atoms with Crippen LogP contribution in [0.2, 0.25) is 5.02 Å². The number of ether oxygens (including phenoxy) is 3. The van der Waals surface area contributed by atoms with Crippen LogP contribution < -0.4 is 0 Å². The first-order valence-corrected chi connectivity index (χ1v) is 7.63. The molecule has 2 aromatic rings. The van der Waals surface area contributed by atoms with Gasteiger partial charge in [-0.1, -0.05) is 54.1 Å². The van der Waals surface area contributed by atoms with E-state index in [1.807, 2.05) is 18.2 Å². The summed E-state index contributed by atoms with van der Waals surface area (Å²) in [5, 5.41) is 0.607. The molecule has 0 aliphatic heterocycles. The highest BCUT2D eigenvalue weighted by Gasteiger charge is 2.22. The summed E-state index contributed by atoms with van der Waals surface area (Å²) < 4.78 is 15.9. The van der Waals surface area contributed by atoms with Crippen LogP contribution in [0.4, 0.5) is 0 Å². The standard InChI is InChI=1S/C18H19ClO4/c1-21-11-12-22-13-23-18(15-7-9-16(19)10-8-15)17(20)14-5-3-2-4-6-14/h2-10,18H,11-13H2,1H3/t18-/m0/s1. The Morgan fingerprint density at radius 3 is 2.39 bits per heavy atom. The molecule has 0 unspecified atom stereocenters. The molecular formula is C18H19ClO4. The summed E-state index contributed by atoms with van der Waals surface area (Å²) in [5.74, 6) is -0.122. The second-order valence-corrected chi connectivity index (χ2v) is 5.28. The molecule has 0 fully saturated rings. The van der Waals surface area contributed by atoms with E-state index in [0.717, 1.165) is 5.56 Å². The third-order valence-corrected chi connectivity index (χ3v) is 3.47. The predicted molar refractivity (Wildman–Crippen MR) is 88.7 cm³/mol. The summed E-state index contributed by atoms with van der Waals surface area (Å²) in [4.78, 5) is 12.7. The van der Waals surface area contributed by atoms with Crippen molar-refractivity contribution in [1.82, 2.24) is 0 Å². The van der Waals surface area contributed by atoms with Gasteiger partial charge >= 0.3 is 0 Å². The van der Waals surface area contributed by atoms with Crippen LogP contribution in [0.5, 0.6) is 0 Å². The summed E-state index contributed by atoms with van der Waals surface area (Å²) in [5.41, 5.74) is 1.32. The lowest BCUT2D eigenvalue weighted by Crippen LogP contribution is -2.18. The van der Waals surface area contributed by atoms with E-state index < -0.39 is 6.10 Å². The van der Waals surface area contributed by atoms with Crippen LogP contribution >= 0.6 is 11.6 Å². The second-order valence-electron chi connectivity index (χ2n) is 4.85. The molecule has 0 heterocycles. The lowest BCUT2D eigenvalue weighted by molar-refractivity contribution is -0.0881. The minimum atomic E-state index is -0.739. The van der Waals surface area contributed by atoms with Gasteiger partial charge in [0.25, 0.3) is 0 Å². The number of carbonyl (C=O) groups is 1. The topological polar surface area (TPSA) is 44.8 Å². The van der Waals surface area contributed by atoms with Crippen molar-refractivity contribution in [1.29, 1.82) is 0 Å². The predicted octanol–water partition coefficient (Wildman–Crippen LogP) is 3.90. The molecule has 0 aliphatic rings. The van der Waals surface area contributed by atoms with E-state index >= 15 is 0 Å². The van der Waals surface area contributed by atoms with Crippen LogP contribution in [0.1, 0.15) is 22.0 Å². The van der Waals surface area contributed by atoms with Crippen LogP contribution in [0.25, 0.3) is 0 Å². The normalized spacial score (nSPS) is 12.1. The summed E-state index contributed by atoms with van der Waals surface area (Å²) >= 11 is 5.91. The monoisotopic (exact) mass is 334 g/mol. The molecule has 0 aliphatic carbocycles. The zero-order valence-corrected chi connectivity index (χ0v) is 13.7. The van der Waals surface area contributed by atoms with E-state index in [1.54, 1.807) is 43.5 Å². The first kappa shape index (κ1) is 17.6. The number of hydrogen-bond donors (Lipinski definition) is 0. The van der Waals surface area contributed by atoms with E-state index in [9.17, 15) is 4.79 Å². The van der Waals surface area contributed by atoms with Gasteiger partial charge in [0.2, 0.25) is 0 Å². The van der Waals surface area contributed by atoms with E-state index in [1.165, 1.54) is 0 Å². The molecule has 2 aromatic carbocycles. The number of ketones is 1. The van der Waals surface area contributed by atoms with Gasteiger partial charge < -0.3 is 14.2 Å². The lowest BCUT2D eigenvalue weighted by atomic mass is 10.00. The van der Waals surface area contributed by atoms with Crippen molar-refractivity contribution in [3.05, 3.63) is 70.7 Å². The molecular weight excluding hydrogens is 316 g/mol. The third kappa shape index (κ3) is 5.44. The average Bonchev–Trinajstić information content (AvgIpc) is 2.59. The molecule has 0 spiro atoms. The Morgan fingerprint density at radius 1 is 1.04 bits per heavy atom. The maximum atomic E-state index is 12.7. The molecule has 122 valence electrons. The molecule has 5 heteroatoms. The smallest absolute Gasteiger partial charge is 0.196 e. The minimum absolute atomic E-state index is 0.00915. The van der Waals surface area contributed by atoms with Gasteiger partial charge in [-0.05, 0) is 17.7 Å². The Morgan fingerprint density at radius 2 is 1.74 bits per heavy atom. The molecule has 23 heavy (non-hydrogen) atoms. The van der Waals surface area contributed by atoms with Crippen molar-refractivity contribution in [2.45, 2.75) is 6.10 Å². The molecule has 0 saturated carbocycles. The molecule has 2 rings (SSSR count). The van der Waals surface area contributed by atoms with Gasteiger partial charge in [0, 0.05) is 17.7 Å². The maximum Gasteiger partial charge on any atom is 0.196 e. The van der Waals surface area contributed by atoms with Gasteiger partial charge in [-0.2, -0.15) is 0 Å². The fourth-order valence-electron chi connectivity index (χ4n) is 2.03. The van der Waals surface area contributed by atoms with Crippen molar-refractivity contribution < 1.29 is 19.0 Å². The number of methoxy groups -OCH3 is 1. The average molecular weight is 335 g/mol. The van der Waals surface area contributed by atoms with Gasteiger partial charge in [0.05, 0.1) is 13.2 Å². The number of halogens is 1. The number of carbonyl (C=O) groups excluding carboxylic acids is 1. The number of Topliss-reactive ketones (excluding diaryl/α,β-unsaturated/α-hetero) is 1. The zero-order chi connectivity index (χ0) is 16.5. The van der Waals surface area contributed by atoms with Crippen LogP contribution in [0, 0.1) is 0 Å². The van der Waals surface area contributed by atoms with Gasteiger partial charge in [-0.15, -0.1) is 0 Å². The Kier molecular flexibility index (Phi) is 7.23. The molecule has 0 aromatic heterocycles. The number of rotatable bonds is 9. The molecule has 4 nitrogen and oxygen atoms in total. The van der Waals surface area contributed by atoms with E-state index in [2.05, 4.69) is 0 Å². The summed E-state index contributed by atoms with van der Waals surface area (Å²) in [6.07, 6.45) is -0.739. The van der Waals surface area contributed by atoms with Crippen molar-refractivity contribution in [2.75, 3.05) is 27.1 Å². The fourth-order valence-corrected chi connectivity index (χ4v) is 2.16. The van der Waals surface area contributed by atoms with Gasteiger partial charge in [-0.3, -0.25) is 4.79 Å². The van der Waals surface area contributed by atoms with Crippen LogP contribution in [-0.2, 0) is 14.2 Å². The van der Waals surface area contributed by atoms with Crippen molar-refractivity contribution in [3.8, 4) is 0 Å². The van der Waals surface area contributed by atoms with E-state index in [0.29, 0.717) is 23.8 Å². The first-order valence-electron chi connectivity index (χ1n) is 7.25. The maximum absolute atomic E-state index is 12.7. The lowest BCUT2D eigenvalue weighted by Gasteiger charge is -2.17. The SMILES string of the molecule is COCCOCO[C@H](C(=O)c1ccccc1)c1ccc(Cl)cc1. The quantitative estimate of drug-likeness (QED) is 0.396. The van der Waals surface area contributed by atoms with Gasteiger partial charge in [-0.25, -0.2) is 0 Å². The summed E-state index contributed by atoms with van der Waals surface area (Å²) in [6, 6.07) is 16.1. The van der Waals surface area contributed by atoms with Crippen molar-refractivity contribution >= 4 is 17.4 Å². The Balaban J connectivity index is 2.11. The molecule has 0 N–H and O–H groups in total. The highest BCUT2D eigenvalue weighted by molar-refractivity contribution is 6.30. The molecule has 0 bridgehead atoms. The zero-order valence-electron chi connectivity index (χ0n) is 12.9. The van der Waals surface area contributed by atoms with Gasteiger partial charge in [0.15, 0.2) is 5.78 Å². The summed E-state index contributed by atoms with van der Waals surface area (Å²) in [7, 11) is 1.60. The van der Waals surface area contributed by atoms with E-state index in [4.69, 9.17) is 25.8 Å². The third-order valence-electron chi connectivity index (χ3n) is 3.22. The summed E-state index contributed by atoms with van der Waals surface area (Å²) in [6.45, 7) is 0.889. The van der Waals surface area contributed by atoms with E-state index in [-0.39, 0.29) is 12.6 Å².